The van der Waals surface area contributed by atoms with Crippen molar-refractivity contribution < 1.29 is 9.52 Å². The highest BCUT2D eigenvalue weighted by atomic mass is 16.3. The molecule has 76 valence electrons. The minimum absolute atomic E-state index is 0.175. The van der Waals surface area contributed by atoms with Gasteiger partial charge < -0.3 is 14.8 Å². The molecule has 1 rings (SSSR count). The van der Waals surface area contributed by atoms with Gasteiger partial charge in [-0.25, -0.2) is 0 Å². The fourth-order valence-corrected chi connectivity index (χ4v) is 1.04. The summed E-state index contributed by atoms with van der Waals surface area (Å²) in [4.78, 5) is 0. The van der Waals surface area contributed by atoms with Crippen LogP contribution >= 0.6 is 0 Å². The first-order valence-electron chi connectivity index (χ1n) is 4.56. The molecule has 1 heterocycles. The third kappa shape index (κ3) is 3.21. The summed E-state index contributed by atoms with van der Waals surface area (Å²) in [5.74, 6) is 1.31. The van der Waals surface area contributed by atoms with Crippen molar-refractivity contribution in [3.05, 3.63) is 23.7 Å². The zero-order valence-electron chi connectivity index (χ0n) is 8.16. The summed E-state index contributed by atoms with van der Waals surface area (Å²) in [5, 5.41) is 20.4. The van der Waals surface area contributed by atoms with Gasteiger partial charge in [-0.15, -0.1) is 0 Å². The molecule has 0 aliphatic carbocycles. The van der Waals surface area contributed by atoms with Gasteiger partial charge in [0.1, 0.15) is 11.8 Å². The summed E-state index contributed by atoms with van der Waals surface area (Å²) in [7, 11) is 0. The van der Waals surface area contributed by atoms with Crippen LogP contribution in [0.15, 0.2) is 16.5 Å². The first kappa shape index (κ1) is 10.8. The zero-order valence-corrected chi connectivity index (χ0v) is 8.16. The average Bonchev–Trinajstić information content (AvgIpc) is 2.65. The Morgan fingerprint density at radius 1 is 1.64 bits per heavy atom. The second kappa shape index (κ2) is 5.43. The van der Waals surface area contributed by atoms with Crippen LogP contribution < -0.4 is 5.32 Å². The van der Waals surface area contributed by atoms with Crippen molar-refractivity contribution in [1.29, 1.82) is 5.26 Å². The molecule has 0 saturated carbocycles. The van der Waals surface area contributed by atoms with E-state index in [0.29, 0.717) is 12.3 Å². The Morgan fingerprint density at radius 2 is 2.43 bits per heavy atom. The normalized spacial score (nSPS) is 12.4. The molecule has 1 unspecified atom stereocenters. The van der Waals surface area contributed by atoms with E-state index < -0.39 is 0 Å². The lowest BCUT2D eigenvalue weighted by molar-refractivity contribution is 0.232. The van der Waals surface area contributed by atoms with Crippen LogP contribution in [-0.2, 0) is 6.54 Å². The van der Waals surface area contributed by atoms with Gasteiger partial charge in [-0.2, -0.15) is 5.26 Å². The minimum Gasteiger partial charge on any atom is -0.449 e. The van der Waals surface area contributed by atoms with Gasteiger partial charge in [0.05, 0.1) is 6.54 Å². The van der Waals surface area contributed by atoms with Crippen LogP contribution in [-0.4, -0.2) is 18.3 Å². The molecule has 1 atom stereocenters. The Bertz CT molecular complexity index is 314. The van der Waals surface area contributed by atoms with E-state index in [9.17, 15) is 0 Å². The summed E-state index contributed by atoms with van der Waals surface area (Å²) < 4.78 is 5.16. The van der Waals surface area contributed by atoms with Gasteiger partial charge in [-0.05, 0) is 18.1 Å². The number of hydrogen-bond donors (Lipinski definition) is 2. The SMILES string of the molecule is CC(CO)CNCc1ccc(C#N)o1. The largest absolute Gasteiger partial charge is 0.449 e. The van der Waals surface area contributed by atoms with Crippen molar-refractivity contribution in [1.82, 2.24) is 5.32 Å². The Morgan fingerprint density at radius 3 is 3.00 bits per heavy atom. The highest BCUT2D eigenvalue weighted by Crippen LogP contribution is 2.05. The molecule has 2 N–H and O–H groups in total. The first-order chi connectivity index (χ1) is 6.76. The molecule has 4 nitrogen and oxygen atoms in total. The smallest absolute Gasteiger partial charge is 0.203 e. The molecule has 0 aromatic carbocycles. The van der Waals surface area contributed by atoms with Crippen LogP contribution in [0.25, 0.3) is 0 Å². The number of aliphatic hydroxyl groups is 1. The maximum absolute atomic E-state index is 8.77. The number of aliphatic hydroxyl groups excluding tert-OH is 1. The van der Waals surface area contributed by atoms with Crippen molar-refractivity contribution in [2.24, 2.45) is 5.92 Å². The predicted molar refractivity (Wildman–Crippen MR) is 51.4 cm³/mol. The van der Waals surface area contributed by atoms with Crippen LogP contribution in [0.2, 0.25) is 0 Å². The molecule has 14 heavy (non-hydrogen) atoms. The summed E-state index contributed by atoms with van der Waals surface area (Å²) in [6.45, 7) is 3.45. The molecule has 0 amide bonds. The summed E-state index contributed by atoms with van der Waals surface area (Å²) in [6.07, 6.45) is 0. The number of nitrogens with zero attached hydrogens (tertiary/aromatic N) is 1. The van der Waals surface area contributed by atoms with E-state index in [1.54, 1.807) is 12.1 Å². The molecular formula is C10H14N2O2. The maximum Gasteiger partial charge on any atom is 0.203 e. The fraction of sp³-hybridized carbons (Fsp3) is 0.500. The summed E-state index contributed by atoms with van der Waals surface area (Å²) >= 11 is 0. The molecule has 0 spiro atoms. The van der Waals surface area contributed by atoms with Crippen molar-refractivity contribution >= 4 is 0 Å². The molecular weight excluding hydrogens is 180 g/mol. The fourth-order valence-electron chi connectivity index (χ4n) is 1.04. The lowest BCUT2D eigenvalue weighted by atomic mass is 10.2. The quantitative estimate of drug-likeness (QED) is 0.729. The van der Waals surface area contributed by atoms with Crippen molar-refractivity contribution in [2.45, 2.75) is 13.5 Å². The second-order valence-corrected chi connectivity index (χ2v) is 3.30. The molecule has 0 bridgehead atoms. The summed E-state index contributed by atoms with van der Waals surface area (Å²) in [6, 6.07) is 5.34. The molecule has 0 radical (unpaired) electrons. The Hall–Kier alpha value is -1.31. The molecule has 0 aliphatic heterocycles. The van der Waals surface area contributed by atoms with Crippen molar-refractivity contribution in [2.75, 3.05) is 13.2 Å². The molecule has 4 heteroatoms. The Balaban J connectivity index is 2.28. The lowest BCUT2D eigenvalue weighted by Crippen LogP contribution is -2.22. The van der Waals surface area contributed by atoms with Crippen LogP contribution in [0.3, 0.4) is 0 Å². The second-order valence-electron chi connectivity index (χ2n) is 3.30. The highest BCUT2D eigenvalue weighted by Gasteiger charge is 2.02. The van der Waals surface area contributed by atoms with Crippen molar-refractivity contribution in [3.8, 4) is 6.07 Å². The van der Waals surface area contributed by atoms with Crippen LogP contribution in [0.5, 0.6) is 0 Å². The lowest BCUT2D eigenvalue weighted by Gasteiger charge is -2.07. The number of rotatable bonds is 5. The minimum atomic E-state index is 0.175. The van der Waals surface area contributed by atoms with Crippen LogP contribution in [0.1, 0.15) is 18.4 Å². The van der Waals surface area contributed by atoms with Gasteiger partial charge in [0.15, 0.2) is 0 Å². The van der Waals surface area contributed by atoms with Gasteiger partial charge in [0.25, 0.3) is 0 Å². The van der Waals surface area contributed by atoms with Crippen LogP contribution in [0.4, 0.5) is 0 Å². The highest BCUT2D eigenvalue weighted by molar-refractivity contribution is 5.18. The number of furan rings is 1. The van der Waals surface area contributed by atoms with E-state index in [4.69, 9.17) is 14.8 Å². The van der Waals surface area contributed by atoms with Gasteiger partial charge in [-0.3, -0.25) is 0 Å². The number of nitriles is 1. The van der Waals surface area contributed by atoms with E-state index in [2.05, 4.69) is 5.32 Å². The van der Waals surface area contributed by atoms with Gasteiger partial charge in [0, 0.05) is 13.2 Å². The maximum atomic E-state index is 8.77. The molecule has 0 aliphatic rings. The predicted octanol–water partition coefficient (Wildman–Crippen LogP) is 0.869. The van der Waals surface area contributed by atoms with E-state index in [0.717, 1.165) is 12.3 Å². The van der Waals surface area contributed by atoms with Gasteiger partial charge in [-0.1, -0.05) is 6.92 Å². The monoisotopic (exact) mass is 194 g/mol. The Kier molecular flexibility index (Phi) is 4.17. The van der Waals surface area contributed by atoms with Crippen molar-refractivity contribution in [3.63, 3.8) is 0 Å². The third-order valence-corrected chi connectivity index (χ3v) is 1.88. The van der Waals surface area contributed by atoms with Gasteiger partial charge >= 0.3 is 0 Å². The third-order valence-electron chi connectivity index (χ3n) is 1.88. The number of nitrogens with one attached hydrogen (secondary N) is 1. The number of hydrogen-bond acceptors (Lipinski definition) is 4. The molecule has 0 fully saturated rings. The average molecular weight is 194 g/mol. The molecule has 1 aromatic heterocycles. The molecule has 1 aromatic rings. The molecule has 0 saturated heterocycles. The first-order valence-corrected chi connectivity index (χ1v) is 4.56. The standard InChI is InChI=1S/C10H14N2O2/c1-8(7-13)5-12-6-10-3-2-9(4-11)14-10/h2-3,8,12-13H,5-7H2,1H3. The van der Waals surface area contributed by atoms with Gasteiger partial charge in [0.2, 0.25) is 5.76 Å². The van der Waals surface area contributed by atoms with E-state index in [1.165, 1.54) is 0 Å². The van der Waals surface area contributed by atoms with E-state index in [-0.39, 0.29) is 12.5 Å². The topological polar surface area (TPSA) is 69.2 Å². The summed E-state index contributed by atoms with van der Waals surface area (Å²) in [5.41, 5.74) is 0. The van der Waals surface area contributed by atoms with Crippen LogP contribution in [0, 0.1) is 17.2 Å². The van der Waals surface area contributed by atoms with E-state index in [1.807, 2.05) is 13.0 Å². The van der Waals surface area contributed by atoms with E-state index >= 15 is 0 Å². The Labute approximate surface area is 83.2 Å². The zero-order chi connectivity index (χ0) is 10.4.